The van der Waals surface area contributed by atoms with Gasteiger partial charge in [0.2, 0.25) is 5.95 Å². The van der Waals surface area contributed by atoms with E-state index in [9.17, 15) is 0 Å². The Morgan fingerprint density at radius 1 is 1.38 bits per heavy atom. The number of morpholine rings is 1. The van der Waals surface area contributed by atoms with E-state index in [0.717, 1.165) is 57.1 Å². The second-order valence-corrected chi connectivity index (χ2v) is 5.42. The van der Waals surface area contributed by atoms with Crippen LogP contribution in [0.5, 0.6) is 0 Å². The number of likely N-dealkylation sites (N-methyl/N-ethyl adjacent to an activating group) is 1. The van der Waals surface area contributed by atoms with Gasteiger partial charge in [0.25, 0.3) is 0 Å². The lowest BCUT2D eigenvalue weighted by molar-refractivity contribution is -0.0192. The Bertz CT molecular complexity index is 440. The van der Waals surface area contributed by atoms with Crippen LogP contribution >= 0.6 is 0 Å². The van der Waals surface area contributed by atoms with Gasteiger partial charge in [0.1, 0.15) is 5.82 Å². The maximum atomic E-state index is 5.80. The molecule has 2 N–H and O–H groups in total. The number of rotatable bonds is 7. The highest BCUT2D eigenvalue weighted by atomic mass is 16.5. The van der Waals surface area contributed by atoms with Crippen molar-refractivity contribution in [3.8, 4) is 0 Å². The van der Waals surface area contributed by atoms with E-state index in [1.165, 1.54) is 0 Å². The molecule has 1 aromatic heterocycles. The minimum absolute atomic E-state index is 0.222. The van der Waals surface area contributed by atoms with Gasteiger partial charge in [-0.15, -0.1) is 0 Å². The molecule has 1 aliphatic heterocycles. The van der Waals surface area contributed by atoms with Gasteiger partial charge in [-0.25, -0.2) is 4.98 Å². The monoisotopic (exact) mass is 293 g/mol. The van der Waals surface area contributed by atoms with Crippen LogP contribution in [0.4, 0.5) is 11.8 Å². The highest BCUT2D eigenvalue weighted by molar-refractivity contribution is 5.46. The van der Waals surface area contributed by atoms with Crippen molar-refractivity contribution >= 4 is 11.8 Å². The Morgan fingerprint density at radius 3 is 3.00 bits per heavy atom. The van der Waals surface area contributed by atoms with Crippen molar-refractivity contribution in [1.82, 2.24) is 14.9 Å². The maximum Gasteiger partial charge on any atom is 0.224 e. The van der Waals surface area contributed by atoms with Crippen LogP contribution in [0, 0.1) is 6.92 Å². The Kier molecular flexibility index (Phi) is 6.20. The second kappa shape index (κ2) is 8.14. The van der Waals surface area contributed by atoms with E-state index in [2.05, 4.69) is 39.3 Å². The lowest BCUT2D eigenvalue weighted by atomic mass is 10.2. The van der Waals surface area contributed by atoms with Gasteiger partial charge in [-0.05, 0) is 19.9 Å². The number of hydrogen-bond acceptors (Lipinski definition) is 6. The first kappa shape index (κ1) is 16.0. The number of hydrogen-bond donors (Lipinski definition) is 2. The number of aromatic nitrogens is 2. The Hall–Kier alpha value is -1.40. The number of nitrogens with one attached hydrogen (secondary N) is 2. The lowest BCUT2D eigenvalue weighted by Gasteiger charge is -2.32. The molecular formula is C15H27N5O. The summed E-state index contributed by atoms with van der Waals surface area (Å²) in [6.07, 6.45) is 3.14. The molecule has 0 bridgehead atoms. The van der Waals surface area contributed by atoms with Gasteiger partial charge in [-0.2, -0.15) is 4.98 Å². The summed E-state index contributed by atoms with van der Waals surface area (Å²) in [6, 6.07) is 0. The fourth-order valence-electron chi connectivity index (χ4n) is 2.34. The first-order valence-electron chi connectivity index (χ1n) is 7.88. The van der Waals surface area contributed by atoms with E-state index in [-0.39, 0.29) is 6.10 Å². The van der Waals surface area contributed by atoms with Crippen LogP contribution in [0.1, 0.15) is 25.8 Å². The molecule has 0 aliphatic carbocycles. The molecule has 21 heavy (non-hydrogen) atoms. The van der Waals surface area contributed by atoms with Crippen molar-refractivity contribution in [2.24, 2.45) is 0 Å². The summed E-state index contributed by atoms with van der Waals surface area (Å²) in [4.78, 5) is 11.2. The van der Waals surface area contributed by atoms with Crippen LogP contribution in [0.2, 0.25) is 0 Å². The molecular weight excluding hydrogens is 266 g/mol. The van der Waals surface area contributed by atoms with Gasteiger partial charge in [0, 0.05) is 37.9 Å². The molecule has 6 heteroatoms. The largest absolute Gasteiger partial charge is 0.374 e. The average Bonchev–Trinajstić information content (AvgIpc) is 2.53. The molecule has 0 aromatic carbocycles. The van der Waals surface area contributed by atoms with Crippen LogP contribution < -0.4 is 10.6 Å². The molecule has 6 nitrogen and oxygen atoms in total. The summed E-state index contributed by atoms with van der Waals surface area (Å²) >= 11 is 0. The molecule has 0 spiro atoms. The van der Waals surface area contributed by atoms with Gasteiger partial charge in [-0.3, -0.25) is 4.90 Å². The van der Waals surface area contributed by atoms with Crippen molar-refractivity contribution in [3.05, 3.63) is 11.8 Å². The van der Waals surface area contributed by atoms with Gasteiger partial charge < -0.3 is 15.4 Å². The zero-order valence-corrected chi connectivity index (χ0v) is 13.4. The van der Waals surface area contributed by atoms with Crippen molar-refractivity contribution in [2.45, 2.75) is 33.3 Å². The standard InChI is InChI=1S/C15H27N5O/c1-4-6-16-15-18-9-12(3)14(19-15)17-10-13-11-20(5-2)7-8-21-13/h9,13H,4-8,10-11H2,1-3H3,(H2,16,17,18,19). The number of aryl methyl sites for hydroxylation is 1. The van der Waals surface area contributed by atoms with Crippen LogP contribution in [-0.2, 0) is 4.74 Å². The summed E-state index contributed by atoms with van der Waals surface area (Å²) in [5, 5.41) is 6.62. The van der Waals surface area contributed by atoms with E-state index in [1.807, 2.05) is 13.1 Å². The molecule has 1 unspecified atom stereocenters. The Labute approximate surface area is 127 Å². The third kappa shape index (κ3) is 4.82. The first-order valence-corrected chi connectivity index (χ1v) is 7.88. The smallest absolute Gasteiger partial charge is 0.224 e. The fraction of sp³-hybridized carbons (Fsp3) is 0.733. The van der Waals surface area contributed by atoms with E-state index < -0.39 is 0 Å². The number of nitrogens with zero attached hydrogens (tertiary/aromatic N) is 3. The van der Waals surface area contributed by atoms with Crippen molar-refractivity contribution in [2.75, 3.05) is 50.0 Å². The Balaban J connectivity index is 1.89. The van der Waals surface area contributed by atoms with E-state index in [0.29, 0.717) is 5.95 Å². The molecule has 0 amide bonds. The van der Waals surface area contributed by atoms with Crippen LogP contribution in [-0.4, -0.2) is 60.3 Å². The summed E-state index contributed by atoms with van der Waals surface area (Å²) in [5.41, 5.74) is 1.06. The summed E-state index contributed by atoms with van der Waals surface area (Å²) in [5.74, 6) is 1.57. The van der Waals surface area contributed by atoms with Crippen molar-refractivity contribution < 1.29 is 4.74 Å². The van der Waals surface area contributed by atoms with Crippen LogP contribution in [0.15, 0.2) is 6.20 Å². The molecule has 1 aliphatic rings. The molecule has 2 heterocycles. The molecule has 118 valence electrons. The third-order valence-electron chi connectivity index (χ3n) is 3.67. The van der Waals surface area contributed by atoms with Crippen molar-refractivity contribution in [3.63, 3.8) is 0 Å². The first-order chi connectivity index (χ1) is 10.2. The minimum Gasteiger partial charge on any atom is -0.374 e. The van der Waals surface area contributed by atoms with Gasteiger partial charge in [0.05, 0.1) is 12.7 Å². The maximum absolute atomic E-state index is 5.80. The van der Waals surface area contributed by atoms with Crippen molar-refractivity contribution in [1.29, 1.82) is 0 Å². The zero-order chi connectivity index (χ0) is 15.1. The number of anilines is 2. The topological polar surface area (TPSA) is 62.3 Å². The summed E-state index contributed by atoms with van der Waals surface area (Å²) < 4.78 is 5.80. The Morgan fingerprint density at radius 2 is 2.24 bits per heavy atom. The summed E-state index contributed by atoms with van der Waals surface area (Å²) in [7, 11) is 0. The molecule has 1 aromatic rings. The summed E-state index contributed by atoms with van der Waals surface area (Å²) in [6.45, 7) is 11.9. The third-order valence-corrected chi connectivity index (χ3v) is 3.67. The highest BCUT2D eigenvalue weighted by Gasteiger charge is 2.19. The second-order valence-electron chi connectivity index (χ2n) is 5.42. The molecule has 0 saturated carbocycles. The highest BCUT2D eigenvalue weighted by Crippen LogP contribution is 2.13. The molecule has 2 rings (SSSR count). The molecule has 1 fully saturated rings. The minimum atomic E-state index is 0.222. The van der Waals surface area contributed by atoms with Crippen LogP contribution in [0.3, 0.4) is 0 Å². The van der Waals surface area contributed by atoms with E-state index >= 15 is 0 Å². The van der Waals surface area contributed by atoms with E-state index in [4.69, 9.17) is 4.74 Å². The molecule has 1 atom stereocenters. The fourth-order valence-corrected chi connectivity index (χ4v) is 2.34. The molecule has 0 radical (unpaired) electrons. The van der Waals surface area contributed by atoms with Gasteiger partial charge in [-0.1, -0.05) is 13.8 Å². The van der Waals surface area contributed by atoms with Crippen LogP contribution in [0.25, 0.3) is 0 Å². The lowest BCUT2D eigenvalue weighted by Crippen LogP contribution is -2.45. The van der Waals surface area contributed by atoms with E-state index in [1.54, 1.807) is 0 Å². The number of ether oxygens (including phenoxy) is 1. The normalized spacial score (nSPS) is 19.5. The quantitative estimate of drug-likeness (QED) is 0.798. The van der Waals surface area contributed by atoms with Gasteiger partial charge in [0.15, 0.2) is 0 Å². The zero-order valence-electron chi connectivity index (χ0n) is 13.4. The molecule has 1 saturated heterocycles. The predicted molar refractivity (Wildman–Crippen MR) is 85.9 cm³/mol. The predicted octanol–water partition coefficient (Wildman–Crippen LogP) is 1.74. The average molecular weight is 293 g/mol. The SMILES string of the molecule is CCCNc1ncc(C)c(NCC2CN(CC)CCO2)n1. The van der Waals surface area contributed by atoms with Gasteiger partial charge >= 0.3 is 0 Å².